The first-order valence-corrected chi connectivity index (χ1v) is 44.5. The van der Waals surface area contributed by atoms with E-state index in [0.717, 1.165) is 174 Å². The Balaban J connectivity index is 0.0000000941. The van der Waals surface area contributed by atoms with E-state index in [0.29, 0.717) is 109 Å². The van der Waals surface area contributed by atoms with Crippen LogP contribution >= 0.6 is 23.2 Å². The number of carbonyl (C=O) groups excluding carboxylic acids is 4. The van der Waals surface area contributed by atoms with Crippen LogP contribution in [-0.4, -0.2) is 108 Å². The van der Waals surface area contributed by atoms with Gasteiger partial charge in [-0.15, -0.1) is 0 Å². The molecule has 12 unspecified atom stereocenters. The molecular weight excluding hydrogens is 1710 g/mol. The normalized spacial score (nSPS) is 22.3. The average Bonchev–Trinajstić information content (AvgIpc) is 1.55. The molecule has 28 rings (SSSR count). The number of imidazole rings is 4. The fraction of sp³-hybridized carbons (Fsp3) is 0.240. The van der Waals surface area contributed by atoms with E-state index in [2.05, 4.69) is 109 Å². The lowest BCUT2D eigenvalue weighted by Gasteiger charge is -2.19. The zero-order valence-corrected chi connectivity index (χ0v) is 72.0. The molecule has 16 heterocycles. The van der Waals surface area contributed by atoms with Gasteiger partial charge >= 0.3 is 0 Å². The number of amides is 4. The number of aryl methyl sites for hydroxylation is 4. The molecule has 28 nitrogen and oxygen atoms in total. The molecule has 12 aliphatic rings. The fourth-order valence-electron chi connectivity index (χ4n) is 20.1. The number of anilines is 4. The summed E-state index contributed by atoms with van der Waals surface area (Å²) in [6.45, 7) is 7.81. The molecule has 8 N–H and O–H groups in total. The van der Waals surface area contributed by atoms with Crippen molar-refractivity contribution in [3.63, 3.8) is 0 Å². The van der Waals surface area contributed by atoms with Crippen LogP contribution in [0.5, 0.6) is 69.0 Å². The first kappa shape index (κ1) is 78.3. The van der Waals surface area contributed by atoms with Crippen molar-refractivity contribution in [2.75, 3.05) is 21.3 Å². The highest BCUT2D eigenvalue weighted by Gasteiger charge is 2.64. The molecule has 31 heteroatoms. The van der Waals surface area contributed by atoms with Gasteiger partial charge in [-0.2, -0.15) is 0 Å². The number of aromatic nitrogens is 12. The SMILES string of the molecule is Cc1cc2[nH]c(C3C4Oc5ccc(Oc6ccnc7c6CCC(=O)N7)cc5C43)nc2cc1Cl.Cc1cc2[nH]c(C3C4Oc5ccc(Oc6ccnc7c6CCC(=O)N7)cc5C43)nc2cc1Cl.Cc1cc2[nH]c(C3C4Oc5ccc(Oc6ccnc7c6CCC(=O)N7)cc5C43)nc2cc1F.Cc1ccc2nc(C3C4Oc5ccc(Oc6ccnc7c6CCC(=O)N7)cc5C43)[nH]c2c1. The number of nitrogens with zero attached hydrogens (tertiary/aromatic N) is 8. The van der Waals surface area contributed by atoms with Crippen LogP contribution in [0.4, 0.5) is 27.7 Å². The summed E-state index contributed by atoms with van der Waals surface area (Å²) in [6, 6.07) is 48.4. The second kappa shape index (κ2) is 30.1. The molecule has 16 aromatic rings. The van der Waals surface area contributed by atoms with E-state index in [4.69, 9.17) is 76.0 Å². The highest BCUT2D eigenvalue weighted by atomic mass is 35.5. The van der Waals surface area contributed by atoms with Crippen molar-refractivity contribution in [2.45, 2.75) is 151 Å². The van der Waals surface area contributed by atoms with Crippen LogP contribution in [0.2, 0.25) is 10.0 Å². The van der Waals surface area contributed by atoms with Crippen molar-refractivity contribution in [3.05, 3.63) is 282 Å². The third kappa shape index (κ3) is 13.8. The Hall–Kier alpha value is -15.0. The van der Waals surface area contributed by atoms with Crippen molar-refractivity contribution in [1.82, 2.24) is 59.8 Å². The van der Waals surface area contributed by atoms with Gasteiger partial charge in [0.25, 0.3) is 0 Å². The quantitative estimate of drug-likeness (QED) is 0.0563. The number of hydrogen-bond donors (Lipinski definition) is 8. The number of hydrogen-bond acceptors (Lipinski definition) is 20. The summed E-state index contributed by atoms with van der Waals surface area (Å²) >= 11 is 12.5. The van der Waals surface area contributed by atoms with Gasteiger partial charge in [0.15, 0.2) is 0 Å². The number of halogens is 3. The van der Waals surface area contributed by atoms with Crippen LogP contribution in [0.25, 0.3) is 44.1 Å². The van der Waals surface area contributed by atoms with Crippen molar-refractivity contribution in [3.8, 4) is 69.0 Å². The second-order valence-corrected chi connectivity index (χ2v) is 36.2. The predicted octanol–water partition coefficient (Wildman–Crippen LogP) is 19.8. The maximum absolute atomic E-state index is 13.9. The third-order valence-corrected chi connectivity index (χ3v) is 27.7. The van der Waals surface area contributed by atoms with Gasteiger partial charge in [0.2, 0.25) is 23.6 Å². The Kier molecular flexibility index (Phi) is 18.0. The molecule has 131 heavy (non-hydrogen) atoms. The van der Waals surface area contributed by atoms with Crippen LogP contribution in [0, 0.1) is 33.5 Å². The van der Waals surface area contributed by atoms with Crippen molar-refractivity contribution in [1.29, 1.82) is 0 Å². The smallest absolute Gasteiger partial charge is 0.225 e. The first-order chi connectivity index (χ1) is 63.8. The van der Waals surface area contributed by atoms with E-state index < -0.39 is 0 Å². The van der Waals surface area contributed by atoms with E-state index in [1.807, 2.05) is 117 Å². The van der Waals surface area contributed by atoms with E-state index in [-0.39, 0.29) is 101 Å². The van der Waals surface area contributed by atoms with E-state index in [1.54, 1.807) is 37.8 Å². The van der Waals surface area contributed by atoms with Gasteiger partial charge in [0, 0.05) is 135 Å². The molecule has 4 amide bonds. The summed E-state index contributed by atoms with van der Waals surface area (Å²) in [5.74, 6) is 16.6. The molecule has 4 saturated carbocycles. The van der Waals surface area contributed by atoms with Gasteiger partial charge in [-0.1, -0.05) is 29.3 Å². The molecule has 8 aliphatic heterocycles. The number of fused-ring (bicyclic) bond motifs is 20. The molecule has 8 aromatic carbocycles. The number of pyridine rings is 4. The van der Waals surface area contributed by atoms with Gasteiger partial charge < -0.3 is 79.1 Å². The Morgan fingerprint density at radius 2 is 0.611 bits per heavy atom. The fourth-order valence-corrected chi connectivity index (χ4v) is 20.4. The monoisotopic (exact) mass is 1780 g/mol. The lowest BCUT2D eigenvalue weighted by Crippen LogP contribution is -2.20. The minimum Gasteiger partial charge on any atom is -0.489 e. The Morgan fingerprint density at radius 3 is 0.931 bits per heavy atom. The Bertz CT molecular complexity index is 7000. The van der Waals surface area contributed by atoms with Gasteiger partial charge in [-0.3, -0.25) is 19.2 Å². The first-order valence-electron chi connectivity index (χ1n) is 43.8. The molecule has 0 radical (unpaired) electrons. The summed E-state index contributed by atoms with van der Waals surface area (Å²) in [6.07, 6.45) is 11.1. The Labute approximate surface area is 754 Å². The number of H-pyrrole nitrogens is 4. The van der Waals surface area contributed by atoms with Crippen LogP contribution in [0.1, 0.15) is 163 Å². The van der Waals surface area contributed by atoms with Crippen molar-refractivity contribution < 1.29 is 61.5 Å². The number of rotatable bonds is 12. The molecule has 8 aromatic heterocycles. The van der Waals surface area contributed by atoms with E-state index in [1.165, 1.54) is 11.6 Å². The number of aromatic amines is 4. The van der Waals surface area contributed by atoms with Crippen LogP contribution in [-0.2, 0) is 44.9 Å². The van der Waals surface area contributed by atoms with E-state index >= 15 is 0 Å². The number of carbonyl (C=O) groups is 4. The molecule has 4 aliphatic carbocycles. The minimum atomic E-state index is -0.252. The lowest BCUT2D eigenvalue weighted by atomic mass is 10.1. The minimum absolute atomic E-state index is 0.0107. The zero-order valence-electron chi connectivity index (χ0n) is 70.4. The van der Waals surface area contributed by atoms with Crippen LogP contribution in [0.15, 0.2) is 176 Å². The molecule has 0 bridgehead atoms. The number of benzene rings is 8. The van der Waals surface area contributed by atoms with Crippen molar-refractivity contribution >= 4 is 114 Å². The number of ether oxygens (including phenoxy) is 8. The molecule has 0 spiro atoms. The average molecular weight is 1780 g/mol. The maximum atomic E-state index is 13.9. The largest absolute Gasteiger partial charge is 0.489 e. The van der Waals surface area contributed by atoms with Gasteiger partial charge in [-0.05, 0) is 215 Å². The summed E-state index contributed by atoms with van der Waals surface area (Å²) in [7, 11) is 0. The van der Waals surface area contributed by atoms with E-state index in [9.17, 15) is 23.6 Å². The summed E-state index contributed by atoms with van der Waals surface area (Å²) in [5, 5.41) is 12.7. The molecule has 650 valence electrons. The summed E-state index contributed by atoms with van der Waals surface area (Å²) in [4.78, 5) is 96.5. The standard InChI is InChI=1S/2C25H19ClN4O3.C25H19FN4O3.C25H20N4O3/c3*1-11-8-16-17(10-15(11)26)29-25(28-16)22-21-14-9-12(2-4-18(14)33-23(21)22)32-19-6-7-27-24-13(19)3-5-20(31)30-24;1-12-2-5-16-17(10-12)28-25(27-16)22-21-15-11-13(3-6-18(15)32-23(21)22)31-19-8-9-26-24-14(19)4-7-20(30)29-24/h3*2,4,6-10,21-23H,3,5H2,1H3,(H,28,29)(H,27,30,31);2-3,5-6,8-11,21-23H,4,7H2,1H3,(H,27,28)(H,26,29,30). The number of nitrogens with one attached hydrogen (secondary N) is 8. The molecule has 12 atom stereocenters. The molecular formula is C100H77Cl2FN16O12. The maximum Gasteiger partial charge on any atom is 0.225 e. The third-order valence-electron chi connectivity index (χ3n) is 26.9. The summed E-state index contributed by atoms with van der Waals surface area (Å²) < 4.78 is 63.6. The second-order valence-electron chi connectivity index (χ2n) is 35.3. The predicted molar refractivity (Wildman–Crippen MR) is 484 cm³/mol. The van der Waals surface area contributed by atoms with Gasteiger partial charge in [-0.25, -0.2) is 44.3 Å². The molecule has 4 fully saturated rings. The highest BCUT2D eigenvalue weighted by Crippen LogP contribution is 2.67. The van der Waals surface area contributed by atoms with Crippen LogP contribution < -0.4 is 59.2 Å². The van der Waals surface area contributed by atoms with Gasteiger partial charge in [0.1, 0.15) is 146 Å². The Morgan fingerprint density at radius 1 is 0.321 bits per heavy atom. The van der Waals surface area contributed by atoms with Crippen molar-refractivity contribution in [2.24, 2.45) is 0 Å². The highest BCUT2D eigenvalue weighted by molar-refractivity contribution is 6.32. The molecule has 0 saturated heterocycles. The van der Waals surface area contributed by atoms with Crippen LogP contribution in [0.3, 0.4) is 0 Å². The summed E-state index contributed by atoms with van der Waals surface area (Å²) in [5.41, 5.74) is 19.3. The zero-order chi connectivity index (χ0) is 88.2. The lowest BCUT2D eigenvalue weighted by molar-refractivity contribution is -0.117. The topological polar surface area (TPSA) is 357 Å². The van der Waals surface area contributed by atoms with Gasteiger partial charge in [0.05, 0.1) is 67.8 Å².